The lowest BCUT2D eigenvalue weighted by Gasteiger charge is -2.17. The average molecular weight is 185 g/mol. The van der Waals surface area contributed by atoms with Gasteiger partial charge in [0.25, 0.3) is 0 Å². The van der Waals surface area contributed by atoms with Crippen LogP contribution in [0.2, 0.25) is 0 Å². The normalized spacial score (nSPS) is 20.5. The Labute approximate surface area is 77.3 Å². The van der Waals surface area contributed by atoms with E-state index < -0.39 is 11.9 Å². The number of amides is 1. The summed E-state index contributed by atoms with van der Waals surface area (Å²) in [6, 6.07) is -0.286. The van der Waals surface area contributed by atoms with Crippen LogP contribution in [0.3, 0.4) is 0 Å². The van der Waals surface area contributed by atoms with Crippen molar-refractivity contribution in [3.05, 3.63) is 0 Å². The molecule has 2 N–H and O–H groups in total. The predicted molar refractivity (Wildman–Crippen MR) is 47.1 cm³/mol. The van der Waals surface area contributed by atoms with Gasteiger partial charge in [0, 0.05) is 12.0 Å². The molecule has 1 fully saturated rings. The molecule has 0 saturated heterocycles. The van der Waals surface area contributed by atoms with Crippen LogP contribution in [0.5, 0.6) is 0 Å². The Morgan fingerprint density at radius 3 is 2.31 bits per heavy atom. The van der Waals surface area contributed by atoms with Crippen LogP contribution in [0.4, 0.5) is 0 Å². The van der Waals surface area contributed by atoms with Crippen molar-refractivity contribution in [1.82, 2.24) is 5.32 Å². The van der Waals surface area contributed by atoms with E-state index in [1.54, 1.807) is 13.8 Å². The van der Waals surface area contributed by atoms with Crippen molar-refractivity contribution in [1.29, 1.82) is 0 Å². The molecule has 0 spiro atoms. The highest BCUT2D eigenvalue weighted by atomic mass is 16.4. The monoisotopic (exact) mass is 185 g/mol. The zero-order valence-electron chi connectivity index (χ0n) is 7.91. The van der Waals surface area contributed by atoms with Crippen molar-refractivity contribution in [2.75, 3.05) is 0 Å². The molecule has 2 unspecified atom stereocenters. The summed E-state index contributed by atoms with van der Waals surface area (Å²) < 4.78 is 0. The highest BCUT2D eigenvalue weighted by Crippen LogP contribution is 2.29. The quantitative estimate of drug-likeness (QED) is 0.674. The summed E-state index contributed by atoms with van der Waals surface area (Å²) in [5.74, 6) is -1.25. The molecule has 1 rings (SSSR count). The number of carboxylic acid groups (broad SMARTS) is 1. The topological polar surface area (TPSA) is 66.4 Å². The molecule has 0 aromatic heterocycles. The van der Waals surface area contributed by atoms with Gasteiger partial charge in [0.1, 0.15) is 0 Å². The van der Waals surface area contributed by atoms with E-state index in [1.165, 1.54) is 0 Å². The number of carbonyl (C=O) groups excluding carboxylic acids is 1. The third kappa shape index (κ3) is 2.72. The van der Waals surface area contributed by atoms with Crippen molar-refractivity contribution in [3.8, 4) is 0 Å². The Bertz CT molecular complexity index is 223. The molecule has 4 heteroatoms. The smallest absolute Gasteiger partial charge is 0.308 e. The minimum Gasteiger partial charge on any atom is -0.481 e. The fraction of sp³-hybridized carbons (Fsp3) is 0.778. The molecule has 0 heterocycles. The van der Waals surface area contributed by atoms with Crippen molar-refractivity contribution in [3.63, 3.8) is 0 Å². The summed E-state index contributed by atoms with van der Waals surface area (Å²) in [6.45, 7) is 3.32. The minimum absolute atomic E-state index is 0.000556. The van der Waals surface area contributed by atoms with E-state index >= 15 is 0 Å². The molecule has 1 amide bonds. The molecule has 4 nitrogen and oxygen atoms in total. The van der Waals surface area contributed by atoms with Crippen LogP contribution < -0.4 is 5.32 Å². The molecule has 1 aliphatic carbocycles. The first-order valence-electron chi connectivity index (χ1n) is 4.55. The first-order chi connectivity index (χ1) is 6.02. The first-order valence-corrected chi connectivity index (χ1v) is 4.55. The van der Waals surface area contributed by atoms with E-state index in [4.69, 9.17) is 5.11 Å². The van der Waals surface area contributed by atoms with Gasteiger partial charge in [0.15, 0.2) is 0 Å². The maximum absolute atomic E-state index is 11.2. The van der Waals surface area contributed by atoms with Gasteiger partial charge >= 0.3 is 5.97 Å². The molecule has 2 atom stereocenters. The van der Waals surface area contributed by atoms with Crippen molar-refractivity contribution in [2.45, 2.75) is 32.7 Å². The van der Waals surface area contributed by atoms with Crippen LogP contribution in [-0.4, -0.2) is 23.0 Å². The number of hydrogen-bond donors (Lipinski definition) is 2. The maximum Gasteiger partial charge on any atom is 0.308 e. The van der Waals surface area contributed by atoms with Crippen LogP contribution in [0, 0.1) is 11.8 Å². The third-order valence-electron chi connectivity index (χ3n) is 2.46. The zero-order chi connectivity index (χ0) is 10.0. The van der Waals surface area contributed by atoms with Crippen LogP contribution in [0.1, 0.15) is 26.7 Å². The summed E-state index contributed by atoms with van der Waals surface area (Å²) in [5, 5.41) is 11.4. The second-order valence-corrected chi connectivity index (χ2v) is 3.70. The lowest BCUT2D eigenvalue weighted by atomic mass is 10.0. The summed E-state index contributed by atoms with van der Waals surface area (Å²) in [4.78, 5) is 21.8. The molecular formula is C9H15NO3. The third-order valence-corrected chi connectivity index (χ3v) is 2.46. The number of rotatable bonds is 4. The van der Waals surface area contributed by atoms with Gasteiger partial charge < -0.3 is 10.4 Å². The van der Waals surface area contributed by atoms with Crippen LogP contribution in [0.15, 0.2) is 0 Å². The first kappa shape index (κ1) is 10.0. The number of nitrogens with one attached hydrogen (secondary N) is 1. The lowest BCUT2D eigenvalue weighted by Crippen LogP contribution is -2.40. The average Bonchev–Trinajstić information content (AvgIpc) is 2.84. The van der Waals surface area contributed by atoms with Crippen LogP contribution in [0.25, 0.3) is 0 Å². The van der Waals surface area contributed by atoms with Crippen molar-refractivity contribution >= 4 is 11.9 Å². The van der Waals surface area contributed by atoms with Gasteiger partial charge in [0.2, 0.25) is 5.91 Å². The number of hydrogen-bond acceptors (Lipinski definition) is 2. The van der Waals surface area contributed by atoms with E-state index in [1.807, 2.05) is 0 Å². The Morgan fingerprint density at radius 1 is 1.38 bits per heavy atom. The molecule has 1 aliphatic rings. The molecule has 1 saturated carbocycles. The Kier molecular flexibility index (Phi) is 2.90. The van der Waals surface area contributed by atoms with E-state index in [0.29, 0.717) is 0 Å². The SMILES string of the molecule is CC(NC(=O)C1CC1)C(C)C(=O)O. The Hall–Kier alpha value is -1.06. The number of carbonyl (C=O) groups is 2. The van der Waals surface area contributed by atoms with Crippen molar-refractivity contribution < 1.29 is 14.7 Å². The predicted octanol–water partition coefficient (Wildman–Crippen LogP) is 0.622. The molecule has 74 valence electrons. The van der Waals surface area contributed by atoms with E-state index in [9.17, 15) is 9.59 Å². The summed E-state index contributed by atoms with van der Waals surface area (Å²) in [5.41, 5.74) is 0. The van der Waals surface area contributed by atoms with Gasteiger partial charge in [-0.2, -0.15) is 0 Å². The highest BCUT2D eigenvalue weighted by Gasteiger charge is 2.31. The zero-order valence-corrected chi connectivity index (χ0v) is 7.91. The van der Waals surface area contributed by atoms with E-state index in [0.717, 1.165) is 12.8 Å². The van der Waals surface area contributed by atoms with Gasteiger partial charge in [0.05, 0.1) is 5.92 Å². The fourth-order valence-electron chi connectivity index (χ4n) is 1.03. The van der Waals surface area contributed by atoms with Gasteiger partial charge in [-0.3, -0.25) is 9.59 Å². The molecule has 13 heavy (non-hydrogen) atoms. The summed E-state index contributed by atoms with van der Waals surface area (Å²) >= 11 is 0. The van der Waals surface area contributed by atoms with Crippen LogP contribution in [-0.2, 0) is 9.59 Å². The Morgan fingerprint density at radius 2 is 1.92 bits per heavy atom. The van der Waals surface area contributed by atoms with Gasteiger partial charge in [-0.1, -0.05) is 0 Å². The second-order valence-electron chi connectivity index (χ2n) is 3.70. The second kappa shape index (κ2) is 3.77. The van der Waals surface area contributed by atoms with Crippen molar-refractivity contribution in [2.24, 2.45) is 11.8 Å². The van der Waals surface area contributed by atoms with E-state index in [-0.39, 0.29) is 17.9 Å². The number of carboxylic acids is 1. The molecule has 0 radical (unpaired) electrons. The maximum atomic E-state index is 11.2. The molecule has 0 bridgehead atoms. The van der Waals surface area contributed by atoms with Gasteiger partial charge in [-0.25, -0.2) is 0 Å². The largest absolute Gasteiger partial charge is 0.481 e. The Balaban J connectivity index is 2.34. The lowest BCUT2D eigenvalue weighted by molar-refractivity contribution is -0.142. The highest BCUT2D eigenvalue weighted by molar-refractivity contribution is 5.82. The van der Waals surface area contributed by atoms with Gasteiger partial charge in [-0.05, 0) is 26.7 Å². The summed E-state index contributed by atoms with van der Waals surface area (Å²) in [6.07, 6.45) is 1.89. The van der Waals surface area contributed by atoms with Crippen LogP contribution >= 0.6 is 0 Å². The standard InChI is InChI=1S/C9H15NO3/c1-5(9(12)13)6(2)10-8(11)7-3-4-7/h5-7H,3-4H2,1-2H3,(H,10,11)(H,12,13). The molecule has 0 aliphatic heterocycles. The molecule has 0 aromatic rings. The summed E-state index contributed by atoms with van der Waals surface area (Å²) in [7, 11) is 0. The fourth-order valence-corrected chi connectivity index (χ4v) is 1.03. The van der Waals surface area contributed by atoms with Gasteiger partial charge in [-0.15, -0.1) is 0 Å². The molecular weight excluding hydrogens is 170 g/mol. The van der Waals surface area contributed by atoms with E-state index in [2.05, 4.69) is 5.32 Å². The molecule has 0 aromatic carbocycles. The minimum atomic E-state index is -0.872. The number of aliphatic carboxylic acids is 1.